The summed E-state index contributed by atoms with van der Waals surface area (Å²) in [5.74, 6) is -3.93. The lowest BCUT2D eigenvalue weighted by Gasteiger charge is -2.71. The van der Waals surface area contributed by atoms with Crippen molar-refractivity contribution in [2.24, 2.45) is 50.2 Å². The minimum Gasteiger partial charge on any atom is -0.493 e. The van der Waals surface area contributed by atoms with Crippen molar-refractivity contribution in [1.82, 2.24) is 0 Å². The molecule has 0 spiro atoms. The zero-order valence-corrected chi connectivity index (χ0v) is 58.6. The molecule has 34 atom stereocenters. The highest BCUT2D eigenvalue weighted by Crippen LogP contribution is 2.76. The molecule has 0 radical (unpaired) electrons. The van der Waals surface area contributed by atoms with E-state index in [2.05, 4.69) is 26.8 Å². The maximum absolute atomic E-state index is 16.0. The number of aliphatic hydroxyl groups excluding tert-OH is 15. The lowest BCUT2D eigenvalue weighted by Crippen LogP contribution is -2.70. The molecule has 0 aromatic heterocycles. The Hall–Kier alpha value is -4.25. The lowest BCUT2D eigenvalue weighted by atomic mass is 9.33. The Kier molecular flexibility index (Phi) is 23.2. The van der Waals surface area contributed by atoms with Crippen molar-refractivity contribution in [2.75, 3.05) is 40.6 Å². The van der Waals surface area contributed by atoms with E-state index >= 15 is 4.79 Å². The van der Waals surface area contributed by atoms with E-state index in [1.165, 1.54) is 41.1 Å². The molecule has 10 aliphatic rings. The predicted octanol–water partition coefficient (Wildman–Crippen LogP) is -2.23. The molecule has 1 aromatic carbocycles. The van der Waals surface area contributed by atoms with Crippen molar-refractivity contribution in [3.63, 3.8) is 0 Å². The molecule has 11 rings (SSSR count). The third-order valence-electron chi connectivity index (χ3n) is 25.2. The average Bonchev–Trinajstić information content (AvgIpc) is 0.669. The third kappa shape index (κ3) is 13.6. The fourth-order valence-electron chi connectivity index (χ4n) is 19.2. The van der Waals surface area contributed by atoms with Gasteiger partial charge in [0.1, 0.15) is 91.6 Å². The van der Waals surface area contributed by atoms with E-state index in [9.17, 15) is 91.3 Å². The van der Waals surface area contributed by atoms with Crippen LogP contribution in [0.3, 0.4) is 0 Å². The van der Waals surface area contributed by atoms with Crippen LogP contribution in [-0.4, -0.2) is 300 Å². The quantitative estimate of drug-likeness (QED) is 0.0302. The number of methoxy groups -OCH3 is 2. The van der Waals surface area contributed by atoms with Gasteiger partial charge in [0.25, 0.3) is 0 Å². The van der Waals surface area contributed by atoms with Gasteiger partial charge in [-0.3, -0.25) is 9.59 Å². The van der Waals surface area contributed by atoms with Crippen LogP contribution in [0.1, 0.15) is 112 Å². The highest BCUT2D eigenvalue weighted by atomic mass is 16.8. The van der Waals surface area contributed by atoms with Gasteiger partial charge in [0.15, 0.2) is 48.9 Å². The number of benzene rings is 1. The minimum absolute atomic E-state index is 0.0250. The molecule has 9 fully saturated rings. The van der Waals surface area contributed by atoms with Crippen LogP contribution in [0.4, 0.5) is 0 Å². The number of aliphatic hydroxyl groups is 15. The van der Waals surface area contributed by atoms with Gasteiger partial charge in [0.2, 0.25) is 6.29 Å². The largest absolute Gasteiger partial charge is 0.493 e. The summed E-state index contributed by atoms with van der Waals surface area (Å²) < 4.78 is 76.9. The predicted molar refractivity (Wildman–Crippen MR) is 344 cm³/mol. The summed E-state index contributed by atoms with van der Waals surface area (Å²) in [6.45, 7) is 10.1. The number of carboxylic acids is 1. The van der Waals surface area contributed by atoms with Crippen LogP contribution in [0.25, 0.3) is 6.08 Å². The molecule has 576 valence electrons. The fourth-order valence-corrected chi connectivity index (χ4v) is 19.2. The maximum atomic E-state index is 16.0. The Balaban J connectivity index is 0.859. The van der Waals surface area contributed by atoms with E-state index in [1.807, 2.05) is 6.92 Å². The normalized spacial score (nSPS) is 48.6. The van der Waals surface area contributed by atoms with Crippen LogP contribution in [-0.2, 0) is 66.5 Å². The zero-order chi connectivity index (χ0) is 74.4. The first-order chi connectivity index (χ1) is 48.0. The number of aliphatic carboxylic acids is 1. The molecule has 102 heavy (non-hydrogen) atoms. The first-order valence-electron chi connectivity index (χ1n) is 35.2. The Labute approximate surface area is 589 Å². The molecule has 5 heterocycles. The van der Waals surface area contributed by atoms with Crippen LogP contribution in [0.2, 0.25) is 0 Å². The van der Waals surface area contributed by atoms with Gasteiger partial charge in [-0.15, -0.1) is 0 Å². The van der Waals surface area contributed by atoms with Crippen LogP contribution in [0, 0.1) is 50.2 Å². The van der Waals surface area contributed by atoms with Gasteiger partial charge in [-0.25, -0.2) is 4.79 Å². The Morgan fingerprint density at radius 2 is 1.14 bits per heavy atom. The molecule has 5 saturated heterocycles. The molecule has 0 bridgehead atoms. The molecule has 32 nitrogen and oxygen atoms in total. The SMILES string of the molecule is COc1ccc(/C=C/C(=O)O[C@@H]2[C@H](O)[C@@H](O[C@@H]3O[C@@H](C)[C@H](O[C@@H]4OC[C@@H](O[C@@H]5O[C@H](CO)[C@H](O)[C@H](O)[C@H]5O)[C@H](O)[C@H]4O)[C@@H](O)[C@H]3O)[C@H](OC(=O)[C@]34CCC(C)(C)C[C@@H]3C3=CCC5[C@@]6(C)C[C@H](O[C@@H]7O[C@H](CO)[C@@H](O)[C@H](O)[C@H]7O)[C@H](O)[C@@](C)(C(=O)O)[C@@H]6CC[C@@]5(C)[C@]3(CO)CC4)O[C@@H]2C)cc1OC. The summed E-state index contributed by atoms with van der Waals surface area (Å²) in [4.78, 5) is 43.5. The summed E-state index contributed by atoms with van der Waals surface area (Å²) >= 11 is 0. The van der Waals surface area contributed by atoms with E-state index in [0.29, 0.717) is 42.7 Å². The number of carboxylic acid groups (broad SMARTS) is 1. The van der Waals surface area contributed by atoms with E-state index < -0.39 is 248 Å². The van der Waals surface area contributed by atoms with Crippen molar-refractivity contribution in [3.05, 3.63) is 41.5 Å². The molecule has 1 unspecified atom stereocenters. The van der Waals surface area contributed by atoms with Gasteiger partial charge in [0, 0.05) is 11.5 Å². The first kappa shape index (κ1) is 78.8. The van der Waals surface area contributed by atoms with Gasteiger partial charge in [-0.05, 0) is 136 Å². The molecule has 32 heteroatoms. The Morgan fingerprint density at radius 3 is 1.75 bits per heavy atom. The molecule has 1 aromatic rings. The second-order valence-corrected chi connectivity index (χ2v) is 31.3. The number of carbonyl (C=O) groups excluding carboxylic acids is 2. The van der Waals surface area contributed by atoms with Crippen LogP contribution < -0.4 is 9.47 Å². The smallest absolute Gasteiger partial charge is 0.331 e. The highest BCUT2D eigenvalue weighted by Gasteiger charge is 2.74. The van der Waals surface area contributed by atoms with Gasteiger partial charge in [-0.2, -0.15) is 0 Å². The number of hydrogen-bond donors (Lipinski definition) is 16. The number of fused-ring (bicyclic) bond motifs is 7. The standard InChI is InChI=1S/C70H104O32/c1-29-54(100-58-49(81)45(77)39(27-92-58)98-61-51(83)47(79)44(76)38(26-72)97-61)48(80)52(84)59(93-29)101-56-53(85)55(99-42(74)15-11-31-10-13-34(90-8)35(22-31)91-9)30(2)94-62(56)102-64(89)69-19-18-65(3,4)23-33(69)32-12-14-40-66(5)24-36(95-60-50(82)46(78)43(75)37(25-71)96-60)57(86)68(7,63(87)88)41(66)16-17-67(40,6)70(32,28-73)21-20-69/h10-13,15,22,29-30,33,36-41,43-62,71-73,75-86H,14,16-21,23-28H2,1-9H3,(H,87,88)/b15-11+/t29-,30+,33+,36-,37+,38+,39+,40?,41+,43+,44-,45-,46-,47-,48-,49+,50+,51+,52+,53-,54-,55-,56+,57-,58-,59-,60+,61-,62-,66+,67+,68-,69-,70-/m0/s1. The van der Waals surface area contributed by atoms with Gasteiger partial charge in [0.05, 0.1) is 75.9 Å². The van der Waals surface area contributed by atoms with E-state index in [-0.39, 0.29) is 38.7 Å². The van der Waals surface area contributed by atoms with Crippen LogP contribution in [0.5, 0.6) is 11.5 Å². The number of esters is 2. The summed E-state index contributed by atoms with van der Waals surface area (Å²) in [5.41, 5.74) is -5.13. The molecule has 0 amide bonds. The fraction of sp³-hybridized carbons (Fsp3) is 0.814. The highest BCUT2D eigenvalue weighted by molar-refractivity contribution is 5.87. The molecule has 16 N–H and O–H groups in total. The van der Waals surface area contributed by atoms with Crippen molar-refractivity contribution in [3.8, 4) is 11.5 Å². The number of rotatable bonds is 19. The molecule has 5 aliphatic carbocycles. The number of ether oxygens (including phenoxy) is 13. The summed E-state index contributed by atoms with van der Waals surface area (Å²) in [6, 6.07) is 4.88. The van der Waals surface area contributed by atoms with Crippen LogP contribution >= 0.6 is 0 Å². The molecular weight excluding hydrogens is 1350 g/mol. The summed E-state index contributed by atoms with van der Waals surface area (Å²) in [7, 11) is 2.90. The van der Waals surface area contributed by atoms with Crippen molar-refractivity contribution >= 4 is 24.0 Å². The number of carbonyl (C=O) groups is 3. The summed E-state index contributed by atoms with van der Waals surface area (Å²) in [6.07, 6.45) is -37.1. The summed E-state index contributed by atoms with van der Waals surface area (Å²) in [5, 5.41) is 178. The third-order valence-corrected chi connectivity index (χ3v) is 25.2. The number of allylic oxidation sites excluding steroid dienone is 1. The Bertz CT molecular complexity index is 3190. The second kappa shape index (κ2) is 30.1. The van der Waals surface area contributed by atoms with Gasteiger partial charge >= 0.3 is 17.9 Å². The lowest BCUT2D eigenvalue weighted by molar-refractivity contribution is -0.378. The van der Waals surface area contributed by atoms with Crippen molar-refractivity contribution in [2.45, 2.75) is 266 Å². The second-order valence-electron chi connectivity index (χ2n) is 31.3. The Morgan fingerprint density at radius 1 is 0.569 bits per heavy atom. The molecule has 4 saturated carbocycles. The van der Waals surface area contributed by atoms with Crippen LogP contribution in [0.15, 0.2) is 35.9 Å². The molecule has 5 aliphatic heterocycles. The van der Waals surface area contributed by atoms with E-state index in [1.54, 1.807) is 18.2 Å². The van der Waals surface area contributed by atoms with Crippen molar-refractivity contribution < 1.29 is 158 Å². The zero-order valence-electron chi connectivity index (χ0n) is 58.6. The topological polar surface area (TPSA) is 495 Å². The van der Waals surface area contributed by atoms with Crippen molar-refractivity contribution in [1.29, 1.82) is 0 Å². The van der Waals surface area contributed by atoms with Gasteiger partial charge < -0.3 is 143 Å². The number of hydrogen-bond acceptors (Lipinski definition) is 31. The molecular formula is C70H104O32. The maximum Gasteiger partial charge on any atom is 0.331 e. The van der Waals surface area contributed by atoms with Gasteiger partial charge in [-0.1, -0.05) is 45.4 Å². The first-order valence-corrected chi connectivity index (χ1v) is 35.2. The average molecular weight is 1460 g/mol. The monoisotopic (exact) mass is 1460 g/mol. The van der Waals surface area contributed by atoms with E-state index in [0.717, 1.165) is 11.6 Å². The van der Waals surface area contributed by atoms with E-state index in [4.69, 9.17) is 61.6 Å². The minimum atomic E-state index is -2.08.